The van der Waals surface area contributed by atoms with Gasteiger partial charge in [-0.05, 0) is 24.3 Å². The van der Waals surface area contributed by atoms with Crippen molar-refractivity contribution < 1.29 is 23.7 Å². The van der Waals surface area contributed by atoms with Gasteiger partial charge >= 0.3 is 11.8 Å². The number of anilines is 1. The van der Waals surface area contributed by atoms with Gasteiger partial charge in [0.2, 0.25) is 0 Å². The van der Waals surface area contributed by atoms with Gasteiger partial charge in [-0.25, -0.2) is 0 Å². The van der Waals surface area contributed by atoms with E-state index < -0.39 is 11.8 Å². The summed E-state index contributed by atoms with van der Waals surface area (Å²) >= 11 is 0. The van der Waals surface area contributed by atoms with Gasteiger partial charge in [-0.15, -0.1) is 0 Å². The van der Waals surface area contributed by atoms with E-state index >= 15 is 0 Å². The summed E-state index contributed by atoms with van der Waals surface area (Å²) in [6.45, 7) is 3.96. The molecule has 0 unspecified atom stereocenters. The molecule has 1 aromatic heterocycles. The van der Waals surface area contributed by atoms with Crippen molar-refractivity contribution in [3.8, 4) is 0 Å². The first-order valence-electron chi connectivity index (χ1n) is 8.94. The van der Waals surface area contributed by atoms with E-state index in [2.05, 4.69) is 10.6 Å². The summed E-state index contributed by atoms with van der Waals surface area (Å²) in [7, 11) is 0. The quantitative estimate of drug-likeness (QED) is 0.610. The zero-order valence-corrected chi connectivity index (χ0v) is 14.9. The summed E-state index contributed by atoms with van der Waals surface area (Å²) in [6, 6.07) is 12.2. The molecule has 0 bridgehead atoms. The Kier molecular flexibility index (Phi) is 6.22. The van der Waals surface area contributed by atoms with E-state index in [1.165, 1.54) is 11.2 Å². The molecule has 0 aliphatic carbocycles. The molecule has 1 aliphatic heterocycles. The number of quaternary nitrogens is 1. The molecule has 1 saturated heterocycles. The van der Waals surface area contributed by atoms with Crippen LogP contribution in [0.4, 0.5) is 5.69 Å². The van der Waals surface area contributed by atoms with Crippen molar-refractivity contribution in [3.05, 3.63) is 54.5 Å². The largest absolute Gasteiger partial charge is 0.459 e. The molecule has 0 radical (unpaired) electrons. The number of carbonyl (C=O) groups is 3. The van der Waals surface area contributed by atoms with E-state index in [0.29, 0.717) is 37.6 Å². The van der Waals surface area contributed by atoms with Crippen LogP contribution in [0.2, 0.25) is 0 Å². The number of piperazine rings is 1. The zero-order chi connectivity index (χ0) is 19.1. The van der Waals surface area contributed by atoms with Crippen molar-refractivity contribution in [2.45, 2.75) is 0 Å². The third-order valence-electron chi connectivity index (χ3n) is 4.49. The van der Waals surface area contributed by atoms with Crippen LogP contribution in [0.15, 0.2) is 53.1 Å². The summed E-state index contributed by atoms with van der Waals surface area (Å²) in [5.74, 6) is -1.06. The number of nitrogens with one attached hydrogen (secondary N) is 3. The monoisotopic (exact) mass is 371 g/mol. The fourth-order valence-electron chi connectivity index (χ4n) is 2.97. The Balaban J connectivity index is 1.35. The van der Waals surface area contributed by atoms with Gasteiger partial charge in [-0.3, -0.25) is 14.4 Å². The Hall–Kier alpha value is -3.13. The van der Waals surface area contributed by atoms with Gasteiger partial charge in [-0.1, -0.05) is 18.2 Å². The van der Waals surface area contributed by atoms with E-state index in [1.54, 1.807) is 41.3 Å². The van der Waals surface area contributed by atoms with Crippen molar-refractivity contribution in [1.29, 1.82) is 0 Å². The van der Waals surface area contributed by atoms with Crippen LogP contribution in [-0.2, 0) is 9.59 Å². The first-order valence-corrected chi connectivity index (χ1v) is 8.94. The molecule has 27 heavy (non-hydrogen) atoms. The van der Waals surface area contributed by atoms with Gasteiger partial charge < -0.3 is 24.9 Å². The maximum absolute atomic E-state index is 12.2. The molecule has 1 aliphatic rings. The molecule has 3 N–H and O–H groups in total. The molecule has 3 rings (SSSR count). The maximum Gasteiger partial charge on any atom is 0.313 e. The fraction of sp³-hybridized carbons (Fsp3) is 0.316. The highest BCUT2D eigenvalue weighted by Crippen LogP contribution is 2.06. The predicted molar refractivity (Wildman–Crippen MR) is 98.3 cm³/mol. The van der Waals surface area contributed by atoms with Crippen LogP contribution in [0.25, 0.3) is 0 Å². The number of amides is 3. The highest BCUT2D eigenvalue weighted by atomic mass is 16.3. The molecule has 3 amide bonds. The SMILES string of the molecule is O=C(NCC[NH+]1CCN(C(=O)c2ccco2)CC1)C(=O)Nc1ccccc1. The minimum Gasteiger partial charge on any atom is -0.459 e. The van der Waals surface area contributed by atoms with E-state index in [0.717, 1.165) is 13.1 Å². The lowest BCUT2D eigenvalue weighted by Crippen LogP contribution is -3.15. The van der Waals surface area contributed by atoms with E-state index in [1.807, 2.05) is 6.07 Å². The number of hydrogen-bond acceptors (Lipinski definition) is 4. The predicted octanol–water partition coefficient (Wildman–Crippen LogP) is -0.625. The molecule has 8 heteroatoms. The molecule has 1 aromatic carbocycles. The number of rotatable bonds is 5. The lowest BCUT2D eigenvalue weighted by Gasteiger charge is -2.31. The van der Waals surface area contributed by atoms with Crippen molar-refractivity contribution in [3.63, 3.8) is 0 Å². The third kappa shape index (κ3) is 5.18. The van der Waals surface area contributed by atoms with Crippen LogP contribution in [0, 0.1) is 0 Å². The smallest absolute Gasteiger partial charge is 0.313 e. The number of furan rings is 1. The Morgan fingerprint density at radius 2 is 1.74 bits per heavy atom. The first kappa shape index (κ1) is 18.7. The number of nitrogens with zero attached hydrogens (tertiary/aromatic N) is 1. The molecular weight excluding hydrogens is 348 g/mol. The Labute approximate surface area is 157 Å². The van der Waals surface area contributed by atoms with E-state index in [4.69, 9.17) is 4.42 Å². The molecule has 8 nitrogen and oxygen atoms in total. The zero-order valence-electron chi connectivity index (χ0n) is 14.9. The molecule has 0 atom stereocenters. The van der Waals surface area contributed by atoms with Gasteiger partial charge in [0.05, 0.1) is 45.5 Å². The number of benzene rings is 1. The van der Waals surface area contributed by atoms with Crippen molar-refractivity contribution >= 4 is 23.4 Å². The minimum absolute atomic E-state index is 0.0927. The van der Waals surface area contributed by atoms with Gasteiger partial charge in [0.1, 0.15) is 0 Å². The minimum atomic E-state index is -0.676. The van der Waals surface area contributed by atoms with Crippen LogP contribution in [0.5, 0.6) is 0 Å². The van der Waals surface area contributed by atoms with Crippen molar-refractivity contribution in [2.75, 3.05) is 44.6 Å². The summed E-state index contributed by atoms with van der Waals surface area (Å²) in [6.07, 6.45) is 1.49. The van der Waals surface area contributed by atoms with Crippen molar-refractivity contribution in [1.82, 2.24) is 10.2 Å². The molecule has 0 saturated carbocycles. The van der Waals surface area contributed by atoms with Crippen LogP contribution in [-0.4, -0.2) is 61.9 Å². The lowest BCUT2D eigenvalue weighted by molar-refractivity contribution is -0.902. The summed E-state index contributed by atoms with van der Waals surface area (Å²) in [5.41, 5.74) is 0.584. The van der Waals surface area contributed by atoms with Crippen LogP contribution in [0.1, 0.15) is 10.6 Å². The van der Waals surface area contributed by atoms with Crippen LogP contribution in [0.3, 0.4) is 0 Å². The molecule has 1 fully saturated rings. The van der Waals surface area contributed by atoms with E-state index in [-0.39, 0.29) is 5.91 Å². The van der Waals surface area contributed by atoms with Crippen LogP contribution >= 0.6 is 0 Å². The van der Waals surface area contributed by atoms with Gasteiger partial charge in [0.25, 0.3) is 5.91 Å². The topological polar surface area (TPSA) is 96.1 Å². The standard InChI is InChI=1S/C19H22N4O4/c24-17(18(25)21-15-5-2-1-3-6-15)20-8-9-22-10-12-23(13-11-22)19(26)16-7-4-14-27-16/h1-7,14H,8-13H2,(H,20,24)(H,21,25)/p+1. The first-order chi connectivity index (χ1) is 13.1. The van der Waals surface area contributed by atoms with Crippen molar-refractivity contribution in [2.24, 2.45) is 0 Å². The molecule has 2 heterocycles. The Bertz CT molecular complexity index is 768. The van der Waals surface area contributed by atoms with Crippen LogP contribution < -0.4 is 15.5 Å². The van der Waals surface area contributed by atoms with Gasteiger partial charge in [-0.2, -0.15) is 0 Å². The third-order valence-corrected chi connectivity index (χ3v) is 4.49. The highest BCUT2D eigenvalue weighted by Gasteiger charge is 2.25. The molecule has 142 valence electrons. The lowest BCUT2D eigenvalue weighted by atomic mass is 10.3. The van der Waals surface area contributed by atoms with Gasteiger partial charge in [0.15, 0.2) is 5.76 Å². The maximum atomic E-state index is 12.2. The number of para-hydroxylation sites is 1. The molecule has 2 aromatic rings. The van der Waals surface area contributed by atoms with E-state index in [9.17, 15) is 14.4 Å². The average molecular weight is 371 g/mol. The summed E-state index contributed by atoms with van der Waals surface area (Å²) < 4.78 is 5.15. The summed E-state index contributed by atoms with van der Waals surface area (Å²) in [4.78, 5) is 39.0. The second kappa shape index (κ2) is 9.00. The normalized spacial score (nSPS) is 14.6. The Morgan fingerprint density at radius 3 is 2.41 bits per heavy atom. The highest BCUT2D eigenvalue weighted by molar-refractivity contribution is 6.39. The average Bonchev–Trinajstić information content (AvgIpc) is 3.23. The molecule has 0 spiro atoms. The number of carbonyl (C=O) groups excluding carboxylic acids is 3. The second-order valence-electron chi connectivity index (χ2n) is 6.35. The fourth-order valence-corrected chi connectivity index (χ4v) is 2.97. The van der Waals surface area contributed by atoms with Gasteiger partial charge in [0, 0.05) is 5.69 Å². The molecular formula is C19H23N4O4+. The second-order valence-corrected chi connectivity index (χ2v) is 6.35. The number of hydrogen-bond donors (Lipinski definition) is 3. The summed E-state index contributed by atoms with van der Waals surface area (Å²) in [5, 5.41) is 5.19. The Morgan fingerprint density at radius 1 is 1.00 bits per heavy atom.